The minimum atomic E-state index is -1.31. The number of ether oxygens (including phenoxy) is 7. The molecular weight excluding hydrogens is 769 g/mol. The maximum atomic E-state index is 12.3. The molecule has 2 N–H and O–H groups in total. The molecule has 15 nitrogen and oxygen atoms in total. The molecule has 2 fully saturated rings. The van der Waals surface area contributed by atoms with Crippen molar-refractivity contribution in [3.8, 4) is 0 Å². The molecule has 0 aliphatic carbocycles. The Morgan fingerprint density at radius 3 is 2.16 bits per heavy atom. The highest BCUT2D eigenvalue weighted by Gasteiger charge is 2.52. The van der Waals surface area contributed by atoms with Crippen LogP contribution in [-0.4, -0.2) is 83.0 Å². The van der Waals surface area contributed by atoms with Crippen molar-refractivity contribution in [2.75, 3.05) is 17.7 Å². The van der Waals surface area contributed by atoms with Gasteiger partial charge in [0.25, 0.3) is 5.03 Å². The van der Waals surface area contributed by atoms with E-state index in [1.807, 2.05) is 36.4 Å². The zero-order valence-corrected chi connectivity index (χ0v) is 32.8. The number of rotatable bonds is 14. The molecule has 0 bridgehead atoms. The summed E-state index contributed by atoms with van der Waals surface area (Å²) in [6, 6.07) is 20.0. The number of esters is 4. The summed E-state index contributed by atoms with van der Waals surface area (Å²) < 4.78 is 41.7. The van der Waals surface area contributed by atoms with Crippen LogP contribution in [0.1, 0.15) is 69.6 Å². The van der Waals surface area contributed by atoms with Gasteiger partial charge in [0.05, 0.1) is 23.8 Å². The van der Waals surface area contributed by atoms with E-state index in [0.717, 1.165) is 29.7 Å². The highest BCUT2D eigenvalue weighted by Crippen LogP contribution is 2.40. The molecule has 5 rings (SSSR count). The summed E-state index contributed by atoms with van der Waals surface area (Å²) in [5, 5.41) is 25.6. The largest absolute Gasteiger partial charge is 0.618 e. The molecule has 2 aliphatic rings. The first-order valence-corrected chi connectivity index (χ1v) is 19.2. The van der Waals surface area contributed by atoms with Crippen LogP contribution in [0.5, 0.6) is 0 Å². The quantitative estimate of drug-likeness (QED) is 0.0581. The van der Waals surface area contributed by atoms with Crippen LogP contribution in [0.4, 0.5) is 5.69 Å². The normalized spacial score (nSPS) is 24.7. The number of carbonyl (C=O) groups is 4. The molecule has 56 heavy (non-hydrogen) atoms. The molecule has 1 aromatic heterocycles. The topological polar surface area (TPSA) is 192 Å². The summed E-state index contributed by atoms with van der Waals surface area (Å²) in [5.41, 5.74) is 2.93. The minimum Gasteiger partial charge on any atom is -0.618 e. The van der Waals surface area contributed by atoms with Crippen LogP contribution in [0.2, 0.25) is 0 Å². The first-order valence-electron chi connectivity index (χ1n) is 17.8. The molecule has 0 radical (unpaired) electrons. The number of nitrogens with one attached hydrogen (secondary N) is 1. The number of thioether (sulfide) groups is 1. The van der Waals surface area contributed by atoms with Gasteiger partial charge in [-0.05, 0) is 29.3 Å². The van der Waals surface area contributed by atoms with E-state index in [4.69, 9.17) is 45.4 Å². The summed E-state index contributed by atoms with van der Waals surface area (Å²) in [6.07, 6.45) is -5.54. The number of aliphatic hydroxyl groups excluding tert-OH is 1. The molecule has 1 unspecified atom stereocenters. The lowest BCUT2D eigenvalue weighted by Crippen LogP contribution is -2.62. The molecule has 17 heteroatoms. The van der Waals surface area contributed by atoms with Gasteiger partial charge < -0.3 is 48.8 Å². The highest BCUT2D eigenvalue weighted by atomic mass is 32.2. The molecule has 3 aromatic rings. The van der Waals surface area contributed by atoms with E-state index < -0.39 is 60.7 Å². The van der Waals surface area contributed by atoms with Crippen molar-refractivity contribution in [3.63, 3.8) is 0 Å². The Morgan fingerprint density at radius 1 is 0.839 bits per heavy atom. The lowest BCUT2D eigenvalue weighted by Gasteiger charge is -2.44. The van der Waals surface area contributed by atoms with E-state index in [2.05, 4.69) is 5.32 Å². The van der Waals surface area contributed by atoms with Crippen LogP contribution in [0.25, 0.3) is 0 Å². The van der Waals surface area contributed by atoms with Gasteiger partial charge in [0.15, 0.2) is 30.8 Å². The SMILES string of the molecule is CC(=O)OC[C@H]1O[C@@H](CC(=S)Nc2cccc(C3O[C@H](CSc4cccc[n+]4[O-])C[C@H](c4ccc(CO)cc4)O3)c2)[C@H](OC(C)=O)[C@@H](OC(C)=O)[C@@H]1OC(C)=O. The van der Waals surface area contributed by atoms with Crippen molar-refractivity contribution >= 4 is 58.5 Å². The predicted octanol–water partition coefficient (Wildman–Crippen LogP) is 4.41. The fourth-order valence-electron chi connectivity index (χ4n) is 6.37. The van der Waals surface area contributed by atoms with Gasteiger partial charge >= 0.3 is 23.9 Å². The van der Waals surface area contributed by atoms with Crippen molar-refractivity contribution in [2.24, 2.45) is 0 Å². The van der Waals surface area contributed by atoms with Gasteiger partial charge in [-0.25, -0.2) is 0 Å². The number of hydrogen-bond acceptors (Lipinski definition) is 15. The van der Waals surface area contributed by atoms with Crippen molar-refractivity contribution in [1.82, 2.24) is 0 Å². The average molecular weight is 813 g/mol. The number of hydrogen-bond donors (Lipinski definition) is 2. The molecule has 2 aromatic carbocycles. The van der Waals surface area contributed by atoms with Crippen LogP contribution in [0, 0.1) is 5.21 Å². The smallest absolute Gasteiger partial charge is 0.303 e. The third-order valence-electron chi connectivity index (χ3n) is 8.74. The molecule has 2 saturated heterocycles. The predicted molar refractivity (Wildman–Crippen MR) is 204 cm³/mol. The van der Waals surface area contributed by atoms with Gasteiger partial charge in [0.1, 0.15) is 18.8 Å². The number of aliphatic hydroxyl groups is 1. The van der Waals surface area contributed by atoms with E-state index in [-0.39, 0.29) is 36.8 Å². The second kappa shape index (κ2) is 20.0. The van der Waals surface area contributed by atoms with Crippen LogP contribution in [0.15, 0.2) is 78.0 Å². The number of pyridine rings is 1. The molecule has 0 amide bonds. The third-order valence-corrected chi connectivity index (χ3v) is 10.2. The fraction of sp³-hybridized carbons (Fsp3) is 0.436. The summed E-state index contributed by atoms with van der Waals surface area (Å²) >= 11 is 7.13. The number of carbonyl (C=O) groups excluding carboxylic acids is 4. The molecule has 0 spiro atoms. The molecule has 0 saturated carbocycles. The van der Waals surface area contributed by atoms with Gasteiger partial charge in [0.2, 0.25) is 0 Å². The van der Waals surface area contributed by atoms with Gasteiger partial charge in [0, 0.05) is 69.7 Å². The Labute approximate surface area is 333 Å². The zero-order valence-electron chi connectivity index (χ0n) is 31.2. The fourth-order valence-corrected chi connectivity index (χ4v) is 7.58. The lowest BCUT2D eigenvalue weighted by atomic mass is 9.92. The van der Waals surface area contributed by atoms with E-state index in [1.165, 1.54) is 31.8 Å². The first-order chi connectivity index (χ1) is 26.8. The summed E-state index contributed by atoms with van der Waals surface area (Å²) in [7, 11) is 0. The second-order valence-electron chi connectivity index (χ2n) is 13.1. The number of thiocarbonyl (C=S) groups is 1. The number of anilines is 1. The average Bonchev–Trinajstić information content (AvgIpc) is 3.15. The third kappa shape index (κ3) is 11.9. The van der Waals surface area contributed by atoms with Gasteiger partial charge in [-0.15, -0.1) is 0 Å². The number of aromatic nitrogens is 1. The molecule has 3 heterocycles. The molecule has 300 valence electrons. The minimum absolute atomic E-state index is 0.0561. The zero-order chi connectivity index (χ0) is 40.4. The summed E-state index contributed by atoms with van der Waals surface area (Å²) in [5.74, 6) is -2.32. The Morgan fingerprint density at radius 2 is 1.52 bits per heavy atom. The van der Waals surface area contributed by atoms with Gasteiger partial charge in [-0.3, -0.25) is 19.2 Å². The van der Waals surface area contributed by atoms with Gasteiger partial charge in [-0.2, -0.15) is 4.73 Å². The van der Waals surface area contributed by atoms with Crippen LogP contribution < -0.4 is 10.0 Å². The standard InChI is InChI=1S/C39H44N2O13S2/c1-22(43)48-20-33-37(50-24(3)45)38(51-25(4)46)36(49-23(2)44)32(53-33)18-34(55)40-29-9-7-8-28(16-29)39-52-30(21-56-35-10-5-6-15-41(35)47)17-31(54-39)27-13-11-26(19-42)12-14-27/h5-16,30-33,36-39,42H,17-21H2,1-4H3,(H,40,55)/t30-,31+,32-,33+,36-,37+,38+,39?/m0/s1. The number of nitrogens with zero attached hydrogens (tertiary/aromatic N) is 1. The Kier molecular flexibility index (Phi) is 15.2. The van der Waals surface area contributed by atoms with Gasteiger partial charge in [-0.1, -0.05) is 60.4 Å². The van der Waals surface area contributed by atoms with E-state index in [0.29, 0.717) is 28.5 Å². The van der Waals surface area contributed by atoms with Crippen molar-refractivity contribution < 1.29 is 62.2 Å². The Hall–Kier alpha value is -4.65. The van der Waals surface area contributed by atoms with Crippen LogP contribution in [-0.2, 0) is 58.9 Å². The number of benzene rings is 2. The van der Waals surface area contributed by atoms with Crippen molar-refractivity contribution in [2.45, 2.75) is 101 Å². The Balaban J connectivity index is 1.35. The van der Waals surface area contributed by atoms with Crippen LogP contribution in [0.3, 0.4) is 0 Å². The molecular formula is C39H44N2O13S2. The lowest BCUT2D eigenvalue weighted by molar-refractivity contribution is -0.645. The highest BCUT2D eigenvalue weighted by molar-refractivity contribution is 7.99. The maximum Gasteiger partial charge on any atom is 0.303 e. The Bertz CT molecular complexity index is 1860. The maximum absolute atomic E-state index is 12.3. The van der Waals surface area contributed by atoms with E-state index >= 15 is 0 Å². The monoisotopic (exact) mass is 812 g/mol. The van der Waals surface area contributed by atoms with E-state index in [1.54, 1.807) is 30.3 Å². The summed E-state index contributed by atoms with van der Waals surface area (Å²) in [6.45, 7) is 4.24. The van der Waals surface area contributed by atoms with E-state index in [9.17, 15) is 29.5 Å². The molecule has 2 aliphatic heterocycles. The van der Waals surface area contributed by atoms with Crippen molar-refractivity contribution in [3.05, 3.63) is 94.8 Å². The summed E-state index contributed by atoms with van der Waals surface area (Å²) in [4.78, 5) is 48.6. The first kappa shape index (κ1) is 42.5. The van der Waals surface area contributed by atoms with Crippen LogP contribution >= 0.6 is 24.0 Å². The van der Waals surface area contributed by atoms with Crippen molar-refractivity contribution in [1.29, 1.82) is 0 Å². The molecule has 8 atom stereocenters. The second-order valence-corrected chi connectivity index (χ2v) is 14.7.